The number of halogens is 2. The summed E-state index contributed by atoms with van der Waals surface area (Å²) in [6.45, 7) is 1.98. The number of hydrogen-bond donors (Lipinski definition) is 2. The van der Waals surface area contributed by atoms with Crippen molar-refractivity contribution in [2.24, 2.45) is 0 Å². The Morgan fingerprint density at radius 3 is 2.38 bits per heavy atom. The number of rotatable bonds is 3. The molecule has 2 saturated heterocycles. The fraction of sp³-hybridized carbons (Fsp3) is 0.765. The van der Waals surface area contributed by atoms with Crippen molar-refractivity contribution in [1.29, 1.82) is 0 Å². The number of amides is 1. The number of aryl methyl sites for hydroxylation is 1. The molecule has 2 atom stereocenters. The third-order valence-corrected chi connectivity index (χ3v) is 6.85. The van der Waals surface area contributed by atoms with Crippen molar-refractivity contribution in [1.82, 2.24) is 15.6 Å². The van der Waals surface area contributed by atoms with E-state index in [4.69, 9.17) is 4.98 Å². The minimum Gasteiger partial charge on any atom is -0.348 e. The first-order chi connectivity index (χ1) is 10.7. The van der Waals surface area contributed by atoms with Crippen molar-refractivity contribution in [3.05, 3.63) is 15.6 Å². The van der Waals surface area contributed by atoms with Gasteiger partial charge in [-0.1, -0.05) is 12.8 Å². The summed E-state index contributed by atoms with van der Waals surface area (Å²) in [5.41, 5.74) is 0.918. The molecule has 7 heteroatoms. The van der Waals surface area contributed by atoms with Crippen LogP contribution in [0.3, 0.4) is 0 Å². The molecule has 2 N–H and O–H groups in total. The fourth-order valence-corrected chi connectivity index (χ4v) is 5.54. The highest BCUT2D eigenvalue weighted by Crippen LogP contribution is 2.37. The summed E-state index contributed by atoms with van der Waals surface area (Å²) in [5, 5.41) is 8.08. The van der Waals surface area contributed by atoms with E-state index < -0.39 is 0 Å². The van der Waals surface area contributed by atoms with Gasteiger partial charge in [-0.15, -0.1) is 36.2 Å². The van der Waals surface area contributed by atoms with Crippen molar-refractivity contribution >= 4 is 42.1 Å². The number of aromatic nitrogens is 1. The predicted molar refractivity (Wildman–Crippen MR) is 103 cm³/mol. The first-order valence-corrected chi connectivity index (χ1v) is 9.55. The lowest BCUT2D eigenvalue weighted by Gasteiger charge is -2.29. The number of hydrogen-bond acceptors (Lipinski definition) is 4. The third kappa shape index (κ3) is 4.06. The topological polar surface area (TPSA) is 54.0 Å². The van der Waals surface area contributed by atoms with Crippen molar-refractivity contribution in [3.63, 3.8) is 0 Å². The summed E-state index contributed by atoms with van der Waals surface area (Å²) in [5.74, 6) is 0.700. The molecule has 136 valence electrons. The number of nitrogens with zero attached hydrogens (tertiary/aromatic N) is 1. The van der Waals surface area contributed by atoms with Crippen LogP contribution in [0.4, 0.5) is 0 Å². The average Bonchev–Trinajstić information content (AvgIpc) is 3.19. The number of thiazole rings is 1. The molecule has 1 aromatic heterocycles. The van der Waals surface area contributed by atoms with Crippen LogP contribution in [0.15, 0.2) is 0 Å². The summed E-state index contributed by atoms with van der Waals surface area (Å²) >= 11 is 1.63. The van der Waals surface area contributed by atoms with E-state index in [1.807, 2.05) is 6.92 Å². The van der Waals surface area contributed by atoms with E-state index in [0.29, 0.717) is 24.0 Å². The molecule has 2 unspecified atom stereocenters. The van der Waals surface area contributed by atoms with E-state index in [1.165, 1.54) is 43.5 Å². The van der Waals surface area contributed by atoms with Crippen LogP contribution in [-0.2, 0) is 0 Å². The van der Waals surface area contributed by atoms with Crippen LogP contribution in [0, 0.1) is 6.92 Å². The molecule has 3 aliphatic rings. The van der Waals surface area contributed by atoms with E-state index in [-0.39, 0.29) is 30.7 Å². The minimum absolute atomic E-state index is 0. The minimum atomic E-state index is 0. The van der Waals surface area contributed by atoms with Crippen molar-refractivity contribution < 1.29 is 4.79 Å². The Morgan fingerprint density at radius 2 is 1.75 bits per heavy atom. The van der Waals surface area contributed by atoms with Gasteiger partial charge in [-0.05, 0) is 45.4 Å². The molecular formula is C17H27Cl2N3OS. The van der Waals surface area contributed by atoms with Gasteiger partial charge in [0.25, 0.3) is 5.91 Å². The van der Waals surface area contributed by atoms with Gasteiger partial charge in [0.1, 0.15) is 4.88 Å². The maximum Gasteiger partial charge on any atom is 0.263 e. The van der Waals surface area contributed by atoms with E-state index in [9.17, 15) is 4.79 Å². The van der Waals surface area contributed by atoms with E-state index in [0.717, 1.165) is 23.4 Å². The van der Waals surface area contributed by atoms with Gasteiger partial charge in [-0.2, -0.15) is 0 Å². The Bertz CT molecular complexity index is 562. The molecule has 0 aromatic carbocycles. The zero-order valence-corrected chi connectivity index (χ0v) is 16.5. The molecule has 2 aliphatic heterocycles. The van der Waals surface area contributed by atoms with E-state index in [1.54, 1.807) is 11.3 Å². The molecule has 4 rings (SSSR count). The second kappa shape index (κ2) is 8.35. The van der Waals surface area contributed by atoms with Gasteiger partial charge in [-0.25, -0.2) is 4.98 Å². The molecule has 4 nitrogen and oxygen atoms in total. The highest BCUT2D eigenvalue weighted by Gasteiger charge is 2.34. The highest BCUT2D eigenvalue weighted by atomic mass is 35.5. The van der Waals surface area contributed by atoms with Crippen LogP contribution in [0.25, 0.3) is 0 Å². The Hall–Kier alpha value is -0.360. The van der Waals surface area contributed by atoms with Crippen LogP contribution in [0.2, 0.25) is 0 Å². The normalized spacial score (nSPS) is 29.0. The standard InChI is InChI=1S/C17H25N3OS.2ClH/c1-10-15(22-17(18-10)11-4-2-3-5-11)16(21)20-14-8-12-6-7-13(9-14)19-12;;/h11-14,19H,2-9H2,1H3,(H,20,21);2*1H. The van der Waals surface area contributed by atoms with Crippen LogP contribution in [0.5, 0.6) is 0 Å². The maximum atomic E-state index is 12.6. The van der Waals surface area contributed by atoms with Crippen LogP contribution < -0.4 is 10.6 Å². The fourth-order valence-electron chi connectivity index (χ4n) is 4.40. The monoisotopic (exact) mass is 391 g/mol. The molecule has 1 amide bonds. The van der Waals surface area contributed by atoms with E-state index >= 15 is 0 Å². The summed E-state index contributed by atoms with van der Waals surface area (Å²) in [6.07, 6.45) is 9.79. The molecule has 2 bridgehead atoms. The molecule has 3 fully saturated rings. The first-order valence-electron chi connectivity index (χ1n) is 8.73. The lowest BCUT2D eigenvalue weighted by atomic mass is 10.00. The largest absolute Gasteiger partial charge is 0.348 e. The second-order valence-corrected chi connectivity index (χ2v) is 8.26. The smallest absolute Gasteiger partial charge is 0.263 e. The first kappa shape index (κ1) is 20.0. The summed E-state index contributed by atoms with van der Waals surface area (Å²) in [6, 6.07) is 1.56. The Morgan fingerprint density at radius 1 is 1.12 bits per heavy atom. The number of fused-ring (bicyclic) bond motifs is 2. The van der Waals surface area contributed by atoms with Gasteiger partial charge in [0.05, 0.1) is 10.7 Å². The average molecular weight is 392 g/mol. The van der Waals surface area contributed by atoms with Gasteiger partial charge in [0, 0.05) is 24.0 Å². The van der Waals surface area contributed by atoms with Gasteiger partial charge in [0.2, 0.25) is 0 Å². The Kier molecular flexibility index (Phi) is 6.94. The molecule has 0 spiro atoms. The Labute approximate surface area is 160 Å². The number of nitrogens with one attached hydrogen (secondary N) is 2. The number of carbonyl (C=O) groups is 1. The molecule has 0 radical (unpaired) electrons. The predicted octanol–water partition coefficient (Wildman–Crippen LogP) is 3.97. The highest BCUT2D eigenvalue weighted by molar-refractivity contribution is 7.13. The molecule has 24 heavy (non-hydrogen) atoms. The van der Waals surface area contributed by atoms with Crippen LogP contribution in [-0.4, -0.2) is 29.0 Å². The van der Waals surface area contributed by atoms with Crippen molar-refractivity contribution in [2.45, 2.75) is 82.3 Å². The molecule has 1 aromatic rings. The summed E-state index contributed by atoms with van der Waals surface area (Å²) in [4.78, 5) is 18.2. The summed E-state index contributed by atoms with van der Waals surface area (Å²) in [7, 11) is 0. The number of carbonyl (C=O) groups excluding carboxylic acids is 1. The zero-order chi connectivity index (χ0) is 15.1. The SMILES string of the molecule is Cc1nc(C2CCCC2)sc1C(=O)NC1CC2CCC(C1)N2.Cl.Cl. The van der Waals surface area contributed by atoms with Crippen molar-refractivity contribution in [3.8, 4) is 0 Å². The van der Waals surface area contributed by atoms with Gasteiger partial charge >= 0.3 is 0 Å². The van der Waals surface area contributed by atoms with Crippen LogP contribution >= 0.6 is 36.2 Å². The molecule has 1 aliphatic carbocycles. The van der Waals surface area contributed by atoms with Crippen molar-refractivity contribution in [2.75, 3.05) is 0 Å². The lowest BCUT2D eigenvalue weighted by Crippen LogP contribution is -2.48. The number of piperidine rings is 1. The van der Waals surface area contributed by atoms with Gasteiger partial charge < -0.3 is 10.6 Å². The quantitative estimate of drug-likeness (QED) is 0.819. The van der Waals surface area contributed by atoms with E-state index in [2.05, 4.69) is 10.6 Å². The summed E-state index contributed by atoms with van der Waals surface area (Å²) < 4.78 is 0. The zero-order valence-electron chi connectivity index (χ0n) is 14.0. The third-order valence-electron chi connectivity index (χ3n) is 5.53. The molecule has 1 saturated carbocycles. The molecule has 3 heterocycles. The second-order valence-electron chi connectivity index (χ2n) is 7.23. The molecular weight excluding hydrogens is 365 g/mol. The van der Waals surface area contributed by atoms with Crippen LogP contribution in [0.1, 0.15) is 77.7 Å². The Balaban J connectivity index is 0.00000104. The van der Waals surface area contributed by atoms with Gasteiger partial charge in [-0.3, -0.25) is 4.79 Å². The lowest BCUT2D eigenvalue weighted by molar-refractivity contribution is 0.0927. The van der Waals surface area contributed by atoms with Gasteiger partial charge in [0.15, 0.2) is 0 Å². The maximum absolute atomic E-state index is 12.6.